The SMILES string of the molecule is CCCN(OCc1ccc(N)cc1)C(=O)C1=Cc2ccc(-c3cccc(CNC4CC5CC4CN5)c3)cc2N=C(N)C1. The van der Waals surface area contributed by atoms with E-state index in [9.17, 15) is 4.79 Å². The highest BCUT2D eigenvalue weighted by Crippen LogP contribution is 2.33. The predicted octanol–water partition coefficient (Wildman–Crippen LogP) is 4.92. The van der Waals surface area contributed by atoms with Crippen LogP contribution in [-0.2, 0) is 22.8 Å². The number of hydroxylamine groups is 2. The molecule has 2 bridgehead atoms. The van der Waals surface area contributed by atoms with Gasteiger partial charge in [-0.3, -0.25) is 9.63 Å². The largest absolute Gasteiger partial charge is 0.399 e. The van der Waals surface area contributed by atoms with E-state index >= 15 is 0 Å². The fourth-order valence-electron chi connectivity index (χ4n) is 6.26. The standard InChI is InChI=1S/C34H40N6O2/c1-2-12-40(42-21-22-6-10-29(35)11-7-22)34(41)27-14-26-9-8-25(16-32(26)39-33(36)17-27)24-5-3-4-23(13-24)19-38-31-18-30-15-28(31)20-37-30/h3-11,13-14,16,28,30-31,37-38H,2,12,15,17-21,35H2,1H3,(H2,36,39). The lowest BCUT2D eigenvalue weighted by Crippen LogP contribution is -2.41. The number of carbonyl (C=O) groups is 1. The molecule has 6 rings (SSSR count). The maximum atomic E-state index is 13.6. The number of hydrogen-bond donors (Lipinski definition) is 4. The molecular formula is C34H40N6O2. The lowest BCUT2D eigenvalue weighted by atomic mass is 9.99. The monoisotopic (exact) mass is 564 g/mol. The van der Waals surface area contributed by atoms with Gasteiger partial charge in [-0.15, -0.1) is 0 Å². The molecule has 1 saturated carbocycles. The van der Waals surface area contributed by atoms with E-state index in [1.807, 2.05) is 43.3 Å². The molecule has 1 amide bonds. The third-order valence-electron chi connectivity index (χ3n) is 8.48. The van der Waals surface area contributed by atoms with Gasteiger partial charge in [0, 0.05) is 48.4 Å². The molecule has 2 fully saturated rings. The second-order valence-electron chi connectivity index (χ2n) is 11.7. The summed E-state index contributed by atoms with van der Waals surface area (Å²) in [5, 5.41) is 8.81. The molecule has 218 valence electrons. The van der Waals surface area contributed by atoms with E-state index < -0.39 is 0 Å². The summed E-state index contributed by atoms with van der Waals surface area (Å²) in [6.45, 7) is 4.76. The van der Waals surface area contributed by atoms with Crippen LogP contribution in [0.25, 0.3) is 17.2 Å². The molecule has 2 aliphatic heterocycles. The minimum absolute atomic E-state index is 0.200. The van der Waals surface area contributed by atoms with E-state index in [4.69, 9.17) is 21.3 Å². The smallest absolute Gasteiger partial charge is 0.273 e. The molecule has 8 heteroatoms. The van der Waals surface area contributed by atoms with Gasteiger partial charge in [0.25, 0.3) is 5.91 Å². The van der Waals surface area contributed by atoms with Crippen molar-refractivity contribution in [1.29, 1.82) is 0 Å². The molecule has 3 aliphatic rings. The first-order chi connectivity index (χ1) is 20.4. The number of fused-ring (bicyclic) bond motifs is 3. The molecule has 0 radical (unpaired) electrons. The Hall–Kier alpha value is -3.98. The van der Waals surface area contributed by atoms with Gasteiger partial charge in [0.15, 0.2) is 0 Å². The number of nitrogens with zero attached hydrogens (tertiary/aromatic N) is 2. The summed E-state index contributed by atoms with van der Waals surface area (Å²) in [7, 11) is 0. The van der Waals surface area contributed by atoms with Crippen LogP contribution in [0.3, 0.4) is 0 Å². The number of hydrogen-bond acceptors (Lipinski definition) is 7. The van der Waals surface area contributed by atoms with Gasteiger partial charge in [-0.2, -0.15) is 0 Å². The minimum atomic E-state index is -0.200. The number of rotatable bonds is 10. The molecule has 3 atom stereocenters. The number of nitrogen functional groups attached to an aromatic ring is 1. The van der Waals surface area contributed by atoms with E-state index in [2.05, 4.69) is 47.0 Å². The van der Waals surface area contributed by atoms with Crippen LogP contribution in [0.2, 0.25) is 0 Å². The number of carbonyl (C=O) groups excluding carboxylic acids is 1. The highest BCUT2D eigenvalue weighted by atomic mass is 16.7. The predicted molar refractivity (Wildman–Crippen MR) is 169 cm³/mol. The first-order valence-electron chi connectivity index (χ1n) is 15.0. The average molecular weight is 565 g/mol. The third kappa shape index (κ3) is 6.41. The van der Waals surface area contributed by atoms with E-state index in [0.717, 1.165) is 53.4 Å². The van der Waals surface area contributed by atoms with Crippen LogP contribution in [0.15, 0.2) is 77.3 Å². The fraction of sp³-hybridized carbons (Fsp3) is 0.353. The molecule has 8 nitrogen and oxygen atoms in total. The number of anilines is 1. The molecule has 0 spiro atoms. The quantitative estimate of drug-likeness (QED) is 0.205. The van der Waals surface area contributed by atoms with Gasteiger partial charge in [0.1, 0.15) is 12.4 Å². The second-order valence-corrected chi connectivity index (χ2v) is 11.7. The van der Waals surface area contributed by atoms with Crippen LogP contribution < -0.4 is 22.1 Å². The molecule has 3 unspecified atom stereocenters. The van der Waals surface area contributed by atoms with Gasteiger partial charge in [-0.25, -0.2) is 10.1 Å². The molecule has 2 heterocycles. The van der Waals surface area contributed by atoms with Crippen molar-refractivity contribution in [2.45, 2.75) is 57.8 Å². The number of amidine groups is 1. The summed E-state index contributed by atoms with van der Waals surface area (Å²) in [5.41, 5.74) is 19.4. The van der Waals surface area contributed by atoms with E-state index in [1.54, 1.807) is 0 Å². The zero-order valence-electron chi connectivity index (χ0n) is 24.2. The van der Waals surface area contributed by atoms with Crippen LogP contribution in [-0.4, -0.2) is 42.0 Å². The summed E-state index contributed by atoms with van der Waals surface area (Å²) in [5.74, 6) is 0.952. The lowest BCUT2D eigenvalue weighted by molar-refractivity contribution is -0.187. The summed E-state index contributed by atoms with van der Waals surface area (Å²) in [4.78, 5) is 24.2. The number of amides is 1. The summed E-state index contributed by atoms with van der Waals surface area (Å²) in [6.07, 6.45) is 5.43. The Bertz CT molecular complexity index is 1500. The third-order valence-corrected chi connectivity index (χ3v) is 8.48. The number of aliphatic imine (C=N–C) groups is 1. The summed E-state index contributed by atoms with van der Waals surface area (Å²) >= 11 is 0. The van der Waals surface area contributed by atoms with Crippen molar-refractivity contribution in [3.8, 4) is 11.1 Å². The van der Waals surface area contributed by atoms with Crippen LogP contribution in [0, 0.1) is 5.92 Å². The van der Waals surface area contributed by atoms with Crippen LogP contribution >= 0.6 is 0 Å². The number of benzene rings is 3. The Morgan fingerprint density at radius 1 is 1.05 bits per heavy atom. The first-order valence-corrected chi connectivity index (χ1v) is 15.0. The molecule has 1 aliphatic carbocycles. The van der Waals surface area contributed by atoms with Gasteiger partial charge in [-0.05, 0) is 84.3 Å². The van der Waals surface area contributed by atoms with Gasteiger partial charge in [-0.1, -0.05) is 49.4 Å². The Balaban J connectivity index is 1.17. The van der Waals surface area contributed by atoms with Crippen molar-refractivity contribution in [3.05, 3.63) is 89.0 Å². The van der Waals surface area contributed by atoms with Crippen molar-refractivity contribution in [2.75, 3.05) is 18.8 Å². The molecule has 6 N–H and O–H groups in total. The van der Waals surface area contributed by atoms with Crippen molar-refractivity contribution >= 4 is 29.2 Å². The Labute approximate surface area is 247 Å². The van der Waals surface area contributed by atoms with E-state index in [1.165, 1.54) is 23.5 Å². The van der Waals surface area contributed by atoms with Gasteiger partial charge < -0.3 is 22.1 Å². The molecule has 0 aromatic heterocycles. The second kappa shape index (κ2) is 12.5. The molecular weight excluding hydrogens is 524 g/mol. The van der Waals surface area contributed by atoms with Gasteiger partial charge in [0.2, 0.25) is 0 Å². The van der Waals surface area contributed by atoms with Crippen LogP contribution in [0.4, 0.5) is 11.4 Å². The molecule has 3 aromatic carbocycles. The summed E-state index contributed by atoms with van der Waals surface area (Å²) < 4.78 is 0. The van der Waals surface area contributed by atoms with E-state index in [0.29, 0.717) is 35.7 Å². The highest BCUT2D eigenvalue weighted by molar-refractivity contribution is 6.05. The Morgan fingerprint density at radius 2 is 1.88 bits per heavy atom. The zero-order valence-corrected chi connectivity index (χ0v) is 24.2. The molecule has 3 aromatic rings. The number of piperidine rings is 1. The van der Waals surface area contributed by atoms with Crippen molar-refractivity contribution < 1.29 is 9.63 Å². The highest BCUT2D eigenvalue weighted by Gasteiger charge is 2.38. The molecule has 42 heavy (non-hydrogen) atoms. The minimum Gasteiger partial charge on any atom is -0.399 e. The zero-order chi connectivity index (χ0) is 29.1. The van der Waals surface area contributed by atoms with Crippen LogP contribution in [0.5, 0.6) is 0 Å². The molecule has 1 saturated heterocycles. The maximum absolute atomic E-state index is 13.6. The first kappa shape index (κ1) is 28.2. The Kier molecular flexibility index (Phi) is 8.37. The van der Waals surface area contributed by atoms with E-state index in [-0.39, 0.29) is 18.9 Å². The normalized spacial score (nSPS) is 20.9. The van der Waals surface area contributed by atoms with Crippen LogP contribution in [0.1, 0.15) is 49.3 Å². The lowest BCUT2D eigenvalue weighted by Gasteiger charge is -2.23. The fourth-order valence-corrected chi connectivity index (χ4v) is 6.26. The maximum Gasteiger partial charge on any atom is 0.273 e. The number of nitrogens with one attached hydrogen (secondary N) is 2. The Morgan fingerprint density at radius 3 is 2.64 bits per heavy atom. The van der Waals surface area contributed by atoms with Gasteiger partial charge in [0.05, 0.1) is 5.69 Å². The van der Waals surface area contributed by atoms with Crippen molar-refractivity contribution in [2.24, 2.45) is 16.6 Å². The number of nitrogens with two attached hydrogens (primary N) is 2. The average Bonchev–Trinajstić information content (AvgIpc) is 3.58. The van der Waals surface area contributed by atoms with Crippen molar-refractivity contribution in [1.82, 2.24) is 15.7 Å². The topological polar surface area (TPSA) is 118 Å². The summed E-state index contributed by atoms with van der Waals surface area (Å²) in [6, 6.07) is 23.6. The van der Waals surface area contributed by atoms with Crippen molar-refractivity contribution in [3.63, 3.8) is 0 Å². The van der Waals surface area contributed by atoms with Gasteiger partial charge >= 0.3 is 0 Å².